The van der Waals surface area contributed by atoms with Crippen LogP contribution >= 0.6 is 11.8 Å². The van der Waals surface area contributed by atoms with E-state index in [1.54, 1.807) is 34.8 Å². The smallest absolute Gasteiger partial charge is 0.208 e. The molecule has 0 fully saturated rings. The lowest BCUT2D eigenvalue weighted by Crippen LogP contribution is -2.35. The summed E-state index contributed by atoms with van der Waals surface area (Å²) < 4.78 is 41.3. The largest absolute Gasteiger partial charge is 0.233 e. The molecule has 0 aliphatic carbocycles. The van der Waals surface area contributed by atoms with Crippen molar-refractivity contribution >= 4 is 32.7 Å². The fourth-order valence-corrected chi connectivity index (χ4v) is 5.62. The highest BCUT2D eigenvalue weighted by molar-refractivity contribution is 7.99. The molecule has 0 aliphatic rings. The number of halogens is 1. The van der Waals surface area contributed by atoms with E-state index in [1.165, 1.54) is 18.4 Å². The average molecular weight is 456 g/mol. The van der Waals surface area contributed by atoms with E-state index >= 15 is 0 Å². The second kappa shape index (κ2) is 8.82. The van der Waals surface area contributed by atoms with Crippen LogP contribution in [0, 0.1) is 5.82 Å². The van der Waals surface area contributed by atoms with Crippen LogP contribution in [0.5, 0.6) is 0 Å². The Balaban J connectivity index is 1.65. The Hall–Kier alpha value is -2.68. The summed E-state index contributed by atoms with van der Waals surface area (Å²) in [6, 6.07) is 21.8. The summed E-state index contributed by atoms with van der Waals surface area (Å²) >= 11 is 1.60. The van der Waals surface area contributed by atoms with Gasteiger partial charge in [-0.15, -0.1) is 11.8 Å². The normalized spacial score (nSPS) is 13.9. The van der Waals surface area contributed by atoms with E-state index in [2.05, 4.69) is 9.82 Å². The maximum absolute atomic E-state index is 13.2. The van der Waals surface area contributed by atoms with Gasteiger partial charge in [0.25, 0.3) is 0 Å². The topological polar surface area (TPSA) is 64.0 Å². The minimum atomic E-state index is -3.34. The van der Waals surface area contributed by atoms with Crippen molar-refractivity contribution in [3.8, 4) is 5.69 Å². The Morgan fingerprint density at radius 1 is 1.03 bits per heavy atom. The second-order valence-electron chi connectivity index (χ2n) is 7.38. The number of thioether (sulfide) groups is 1. The van der Waals surface area contributed by atoms with Crippen LogP contribution in [0.1, 0.15) is 17.7 Å². The zero-order valence-corrected chi connectivity index (χ0v) is 18.7. The third kappa shape index (κ3) is 5.15. The molecular weight excluding hydrogens is 433 g/mol. The molecule has 5 nitrogen and oxygen atoms in total. The molecule has 0 bridgehead atoms. The van der Waals surface area contributed by atoms with E-state index in [9.17, 15) is 12.8 Å². The number of fused-ring (bicyclic) bond motifs is 1. The van der Waals surface area contributed by atoms with Crippen LogP contribution in [0.2, 0.25) is 0 Å². The number of benzene rings is 3. The monoisotopic (exact) mass is 455 g/mol. The van der Waals surface area contributed by atoms with Gasteiger partial charge in [-0.05, 0) is 55.0 Å². The van der Waals surface area contributed by atoms with Crippen LogP contribution in [0.4, 0.5) is 4.39 Å². The highest BCUT2D eigenvalue weighted by Crippen LogP contribution is 2.39. The van der Waals surface area contributed by atoms with Gasteiger partial charge in [0.05, 0.1) is 28.9 Å². The first kappa shape index (κ1) is 21.5. The molecule has 0 aliphatic heterocycles. The van der Waals surface area contributed by atoms with Crippen molar-refractivity contribution in [1.29, 1.82) is 0 Å². The molecule has 1 aromatic heterocycles. The lowest BCUT2D eigenvalue weighted by atomic mass is 10.1. The van der Waals surface area contributed by atoms with Crippen molar-refractivity contribution in [3.05, 3.63) is 90.4 Å². The second-order valence-corrected chi connectivity index (χ2v) is 10.4. The number of rotatable bonds is 7. The molecule has 8 heteroatoms. The molecule has 3 aromatic carbocycles. The van der Waals surface area contributed by atoms with Crippen molar-refractivity contribution < 1.29 is 12.8 Å². The molecule has 1 N–H and O–H groups in total. The van der Waals surface area contributed by atoms with Crippen LogP contribution in [0.3, 0.4) is 0 Å². The van der Waals surface area contributed by atoms with Gasteiger partial charge in [0.2, 0.25) is 10.0 Å². The fourth-order valence-electron chi connectivity index (χ4n) is 3.52. The maximum Gasteiger partial charge on any atom is 0.208 e. The molecule has 4 aromatic rings. The van der Waals surface area contributed by atoms with Crippen LogP contribution in [0.15, 0.2) is 83.9 Å². The lowest BCUT2D eigenvalue weighted by Gasteiger charge is -2.24. The standard InChI is InChI=1S/C23H22FN3O2S2/c1-16(26-31(2,28)29)23(17-6-4-3-5-7-17)30-21-12-13-22-18(14-21)15-25-27(22)20-10-8-19(24)9-11-20/h3-16,23,26H,1-2H3/t16?,23-/m0/s1. The summed E-state index contributed by atoms with van der Waals surface area (Å²) in [5.74, 6) is -0.289. The van der Waals surface area contributed by atoms with Crippen molar-refractivity contribution in [2.45, 2.75) is 23.1 Å². The molecule has 2 atom stereocenters. The van der Waals surface area contributed by atoms with Gasteiger partial charge in [0.15, 0.2) is 0 Å². The summed E-state index contributed by atoms with van der Waals surface area (Å²) in [7, 11) is -3.34. The zero-order valence-electron chi connectivity index (χ0n) is 17.1. The summed E-state index contributed by atoms with van der Waals surface area (Å²) in [6.45, 7) is 1.87. The van der Waals surface area contributed by atoms with Gasteiger partial charge in [-0.3, -0.25) is 0 Å². The van der Waals surface area contributed by atoms with Gasteiger partial charge in [-0.25, -0.2) is 22.2 Å². The van der Waals surface area contributed by atoms with Gasteiger partial charge in [-0.1, -0.05) is 30.3 Å². The number of hydrogen-bond donors (Lipinski definition) is 1. The number of nitrogens with one attached hydrogen (secondary N) is 1. The Labute approximate surface area is 185 Å². The zero-order chi connectivity index (χ0) is 22.0. The summed E-state index contributed by atoms with van der Waals surface area (Å²) in [6.07, 6.45) is 2.95. The molecule has 160 valence electrons. The Bertz CT molecular complexity index is 1290. The highest BCUT2D eigenvalue weighted by Gasteiger charge is 2.23. The van der Waals surface area contributed by atoms with Crippen LogP contribution in [-0.4, -0.2) is 30.5 Å². The lowest BCUT2D eigenvalue weighted by molar-refractivity contribution is 0.563. The number of sulfonamides is 1. The predicted molar refractivity (Wildman–Crippen MR) is 124 cm³/mol. The van der Waals surface area contributed by atoms with Crippen molar-refractivity contribution in [2.75, 3.05) is 6.26 Å². The number of aromatic nitrogens is 2. The maximum atomic E-state index is 13.2. The number of hydrogen-bond acceptors (Lipinski definition) is 4. The molecule has 1 unspecified atom stereocenters. The Morgan fingerprint density at radius 2 is 1.74 bits per heavy atom. The third-order valence-electron chi connectivity index (χ3n) is 4.86. The van der Waals surface area contributed by atoms with Gasteiger partial charge in [-0.2, -0.15) is 5.10 Å². The molecule has 0 saturated carbocycles. The van der Waals surface area contributed by atoms with Gasteiger partial charge >= 0.3 is 0 Å². The minimum absolute atomic E-state index is 0.111. The van der Waals surface area contributed by atoms with E-state index in [0.29, 0.717) is 0 Å². The molecule has 4 rings (SSSR count). The molecule has 0 amide bonds. The fraction of sp³-hybridized carbons (Fsp3) is 0.174. The van der Waals surface area contributed by atoms with Crippen LogP contribution in [0.25, 0.3) is 16.6 Å². The van der Waals surface area contributed by atoms with Gasteiger partial charge < -0.3 is 0 Å². The van der Waals surface area contributed by atoms with Crippen molar-refractivity contribution in [3.63, 3.8) is 0 Å². The van der Waals surface area contributed by atoms with E-state index in [4.69, 9.17) is 0 Å². The van der Waals surface area contributed by atoms with Crippen molar-refractivity contribution in [2.24, 2.45) is 0 Å². The summed E-state index contributed by atoms with van der Waals surface area (Å²) in [5.41, 5.74) is 2.73. The van der Waals surface area contributed by atoms with Gasteiger partial charge in [0, 0.05) is 16.3 Å². The molecular formula is C23H22FN3O2S2. The van der Waals surface area contributed by atoms with E-state index < -0.39 is 10.0 Å². The van der Waals surface area contributed by atoms with Crippen LogP contribution in [-0.2, 0) is 10.0 Å². The van der Waals surface area contributed by atoms with E-state index in [0.717, 1.165) is 27.0 Å². The summed E-state index contributed by atoms with van der Waals surface area (Å²) in [4.78, 5) is 1.00. The van der Waals surface area contributed by atoms with E-state index in [1.807, 2.05) is 55.5 Å². The SMILES string of the molecule is CC(NS(C)(=O)=O)[C@H](Sc1ccc2c(cnn2-c2ccc(F)cc2)c1)c1ccccc1. The molecule has 31 heavy (non-hydrogen) atoms. The first-order valence-electron chi connectivity index (χ1n) is 9.73. The first-order valence-corrected chi connectivity index (χ1v) is 12.5. The minimum Gasteiger partial charge on any atom is -0.233 e. The molecule has 0 radical (unpaired) electrons. The Kier molecular flexibility index (Phi) is 6.13. The predicted octanol–water partition coefficient (Wildman–Crippen LogP) is 4.94. The van der Waals surface area contributed by atoms with E-state index in [-0.39, 0.29) is 17.1 Å². The average Bonchev–Trinajstić information content (AvgIpc) is 3.15. The molecule has 0 saturated heterocycles. The van der Waals surface area contributed by atoms with Gasteiger partial charge in [0.1, 0.15) is 5.82 Å². The third-order valence-corrected chi connectivity index (χ3v) is 7.12. The molecule has 1 heterocycles. The Morgan fingerprint density at radius 3 is 2.42 bits per heavy atom. The highest BCUT2D eigenvalue weighted by atomic mass is 32.2. The molecule has 0 spiro atoms. The first-order chi connectivity index (χ1) is 14.8. The number of nitrogens with zero attached hydrogens (tertiary/aromatic N) is 2. The quantitative estimate of drug-likeness (QED) is 0.401. The summed E-state index contributed by atoms with van der Waals surface area (Å²) in [5, 5.41) is 5.29. The van der Waals surface area contributed by atoms with Crippen LogP contribution < -0.4 is 4.72 Å². The van der Waals surface area contributed by atoms with Crippen molar-refractivity contribution in [1.82, 2.24) is 14.5 Å².